The number of carboxylic acids is 1. The summed E-state index contributed by atoms with van der Waals surface area (Å²) in [7, 11) is 0. The smallest absolute Gasteiger partial charge is 0.328 e. The van der Waals surface area contributed by atoms with Crippen LogP contribution >= 0.6 is 15.9 Å². The molecule has 1 saturated heterocycles. The third-order valence-electron chi connectivity index (χ3n) is 2.51. The highest BCUT2D eigenvalue weighted by atomic mass is 79.9. The highest BCUT2D eigenvalue weighted by molar-refractivity contribution is 9.10. The van der Waals surface area contributed by atoms with Gasteiger partial charge in [0.25, 0.3) is 5.91 Å². The average molecular weight is 317 g/mol. The number of hydrogen-bond donors (Lipinski definition) is 2. The van der Waals surface area contributed by atoms with Gasteiger partial charge >= 0.3 is 5.97 Å². The summed E-state index contributed by atoms with van der Waals surface area (Å²) in [6.07, 6.45) is 0. The lowest BCUT2D eigenvalue weighted by Gasteiger charge is -2.31. The fourth-order valence-electron chi connectivity index (χ4n) is 1.65. The van der Waals surface area contributed by atoms with Gasteiger partial charge in [-0.15, -0.1) is 0 Å². The number of carbonyl (C=O) groups excluding carboxylic acids is 2. The first-order chi connectivity index (χ1) is 8.49. The van der Waals surface area contributed by atoms with Crippen molar-refractivity contribution in [1.29, 1.82) is 0 Å². The maximum Gasteiger partial charge on any atom is 0.328 e. The summed E-state index contributed by atoms with van der Waals surface area (Å²) in [5, 5.41) is 11.4. The fraction of sp³-hybridized carbons (Fsp3) is 0.300. The molecule has 2 amide bonds. The number of aliphatic carboxylic acids is 1. The van der Waals surface area contributed by atoms with Gasteiger partial charge in [0.2, 0.25) is 5.91 Å². The molecule has 0 bridgehead atoms. The van der Waals surface area contributed by atoms with Gasteiger partial charge in [0, 0.05) is 6.54 Å². The van der Waals surface area contributed by atoms with E-state index in [2.05, 4.69) is 21.2 Å². The van der Waals surface area contributed by atoms with Crippen molar-refractivity contribution in [2.75, 3.05) is 13.1 Å². The largest absolute Gasteiger partial charge is 0.480 e. The minimum absolute atomic E-state index is 0.0113. The van der Waals surface area contributed by atoms with Crippen LogP contribution in [0, 0.1) is 0 Å². The summed E-state index contributed by atoms with van der Waals surface area (Å²) in [6, 6.07) is 1.85. The van der Waals surface area contributed by atoms with Gasteiger partial charge in [-0.05, 0) is 28.1 Å². The molecule has 1 fully saturated rings. The zero-order valence-electron chi connectivity index (χ0n) is 9.05. The lowest BCUT2D eigenvalue weighted by Crippen LogP contribution is -2.59. The van der Waals surface area contributed by atoms with Gasteiger partial charge in [-0.2, -0.15) is 0 Å². The molecule has 18 heavy (non-hydrogen) atoms. The molecule has 1 aromatic rings. The monoisotopic (exact) mass is 316 g/mol. The predicted molar refractivity (Wildman–Crippen MR) is 61.9 cm³/mol. The molecule has 1 aliphatic rings. The second kappa shape index (κ2) is 4.81. The van der Waals surface area contributed by atoms with E-state index in [0.29, 0.717) is 4.67 Å². The van der Waals surface area contributed by atoms with Crippen molar-refractivity contribution in [3.63, 3.8) is 0 Å². The number of halogens is 1. The van der Waals surface area contributed by atoms with Crippen LogP contribution in [-0.4, -0.2) is 46.9 Å². The third-order valence-corrected chi connectivity index (χ3v) is 2.94. The Balaban J connectivity index is 2.25. The molecule has 2 heterocycles. The van der Waals surface area contributed by atoms with E-state index < -0.39 is 23.8 Å². The number of carbonyl (C=O) groups is 3. The summed E-state index contributed by atoms with van der Waals surface area (Å²) >= 11 is 3.05. The molecule has 0 spiro atoms. The van der Waals surface area contributed by atoms with Crippen LogP contribution in [0.1, 0.15) is 10.6 Å². The molecule has 1 atom stereocenters. The molecule has 0 radical (unpaired) electrons. The Labute approximate surface area is 110 Å². The Kier molecular flexibility index (Phi) is 3.37. The van der Waals surface area contributed by atoms with E-state index in [0.717, 1.165) is 4.90 Å². The zero-order chi connectivity index (χ0) is 13.3. The summed E-state index contributed by atoms with van der Waals surface area (Å²) in [5.41, 5.74) is 0. The van der Waals surface area contributed by atoms with Crippen molar-refractivity contribution < 1.29 is 23.9 Å². The molecule has 0 aromatic carbocycles. The third kappa shape index (κ3) is 2.37. The first-order valence-electron chi connectivity index (χ1n) is 5.05. The highest BCUT2D eigenvalue weighted by Crippen LogP contribution is 2.17. The Bertz CT molecular complexity index is 512. The second-order valence-corrected chi connectivity index (χ2v) is 4.48. The van der Waals surface area contributed by atoms with Crippen molar-refractivity contribution in [2.45, 2.75) is 6.04 Å². The van der Waals surface area contributed by atoms with Crippen LogP contribution in [0.15, 0.2) is 21.2 Å². The van der Waals surface area contributed by atoms with Gasteiger partial charge in [0.15, 0.2) is 10.4 Å². The SMILES string of the molecule is O=C1CN(C(=O)c2ccc(Br)o2)C(C(=O)O)CN1. The summed E-state index contributed by atoms with van der Waals surface area (Å²) in [4.78, 5) is 35.3. The van der Waals surface area contributed by atoms with E-state index in [1.165, 1.54) is 12.1 Å². The van der Waals surface area contributed by atoms with Crippen molar-refractivity contribution >= 4 is 33.7 Å². The van der Waals surface area contributed by atoms with Crippen LogP contribution in [-0.2, 0) is 9.59 Å². The number of hydrogen-bond acceptors (Lipinski definition) is 4. The van der Waals surface area contributed by atoms with E-state index in [9.17, 15) is 14.4 Å². The van der Waals surface area contributed by atoms with Gasteiger partial charge in [0.05, 0.1) is 0 Å². The predicted octanol–water partition coefficient (Wildman–Crippen LogP) is 0.0673. The standard InChI is InChI=1S/C10H9BrN2O5/c11-7-2-1-6(18-7)9(15)13-4-8(14)12-3-5(13)10(16)17/h1-2,5H,3-4H2,(H,12,14)(H,16,17). The van der Waals surface area contributed by atoms with Crippen molar-refractivity contribution in [1.82, 2.24) is 10.2 Å². The molecule has 8 heteroatoms. The maximum absolute atomic E-state index is 12.0. The van der Waals surface area contributed by atoms with E-state index in [-0.39, 0.29) is 18.8 Å². The number of piperazine rings is 1. The minimum atomic E-state index is -1.17. The van der Waals surface area contributed by atoms with Crippen LogP contribution in [0.5, 0.6) is 0 Å². The lowest BCUT2D eigenvalue weighted by atomic mass is 10.1. The maximum atomic E-state index is 12.0. The molecule has 0 aliphatic carbocycles. The number of amides is 2. The number of furan rings is 1. The molecular weight excluding hydrogens is 308 g/mol. The topological polar surface area (TPSA) is 99.9 Å². The van der Waals surface area contributed by atoms with Gasteiger partial charge in [-0.25, -0.2) is 4.79 Å². The molecule has 2 rings (SSSR count). The quantitative estimate of drug-likeness (QED) is 0.804. The Hall–Kier alpha value is -1.83. The van der Waals surface area contributed by atoms with Crippen molar-refractivity contribution in [3.8, 4) is 0 Å². The number of carboxylic acid groups (broad SMARTS) is 1. The molecule has 2 N–H and O–H groups in total. The Morgan fingerprint density at radius 3 is 2.78 bits per heavy atom. The van der Waals surface area contributed by atoms with Crippen LogP contribution in [0.25, 0.3) is 0 Å². The van der Waals surface area contributed by atoms with Crippen molar-refractivity contribution in [2.24, 2.45) is 0 Å². The molecular formula is C10H9BrN2O5. The van der Waals surface area contributed by atoms with E-state index in [1.54, 1.807) is 0 Å². The van der Waals surface area contributed by atoms with Gasteiger partial charge in [0.1, 0.15) is 12.6 Å². The summed E-state index contributed by atoms with van der Waals surface area (Å²) in [5.74, 6) is -2.20. The second-order valence-electron chi connectivity index (χ2n) is 3.69. The Morgan fingerprint density at radius 1 is 1.50 bits per heavy atom. The molecule has 96 valence electrons. The average Bonchev–Trinajstić information content (AvgIpc) is 2.74. The Morgan fingerprint density at radius 2 is 2.22 bits per heavy atom. The van der Waals surface area contributed by atoms with Crippen LogP contribution in [0.4, 0.5) is 0 Å². The molecule has 7 nitrogen and oxygen atoms in total. The molecule has 0 saturated carbocycles. The summed E-state index contributed by atoms with van der Waals surface area (Å²) < 4.78 is 5.42. The highest BCUT2D eigenvalue weighted by Gasteiger charge is 2.36. The normalized spacial score (nSPS) is 19.5. The lowest BCUT2D eigenvalue weighted by molar-refractivity contribution is -0.144. The van der Waals surface area contributed by atoms with E-state index >= 15 is 0 Å². The first kappa shape index (κ1) is 12.6. The van der Waals surface area contributed by atoms with Crippen LogP contribution in [0.3, 0.4) is 0 Å². The summed E-state index contributed by atoms with van der Waals surface area (Å²) in [6.45, 7) is -0.407. The molecule has 1 aliphatic heterocycles. The first-order valence-corrected chi connectivity index (χ1v) is 5.84. The van der Waals surface area contributed by atoms with Gasteiger partial charge in [-0.1, -0.05) is 0 Å². The van der Waals surface area contributed by atoms with Crippen molar-refractivity contribution in [3.05, 3.63) is 22.6 Å². The van der Waals surface area contributed by atoms with Crippen LogP contribution < -0.4 is 5.32 Å². The molecule has 1 unspecified atom stereocenters. The van der Waals surface area contributed by atoms with E-state index in [1.807, 2.05) is 0 Å². The van der Waals surface area contributed by atoms with Crippen LogP contribution in [0.2, 0.25) is 0 Å². The number of nitrogens with zero attached hydrogens (tertiary/aromatic N) is 1. The number of rotatable bonds is 2. The van der Waals surface area contributed by atoms with Gasteiger partial charge < -0.3 is 19.7 Å². The number of nitrogens with one attached hydrogen (secondary N) is 1. The van der Waals surface area contributed by atoms with Gasteiger partial charge in [-0.3, -0.25) is 9.59 Å². The minimum Gasteiger partial charge on any atom is -0.480 e. The van der Waals surface area contributed by atoms with E-state index in [4.69, 9.17) is 9.52 Å². The molecule has 1 aromatic heterocycles. The fourth-order valence-corrected chi connectivity index (χ4v) is 1.95. The zero-order valence-corrected chi connectivity index (χ0v) is 10.6.